The van der Waals surface area contributed by atoms with E-state index in [1.165, 1.54) is 11.1 Å². The van der Waals surface area contributed by atoms with Gasteiger partial charge < -0.3 is 14.8 Å². The summed E-state index contributed by atoms with van der Waals surface area (Å²) in [6, 6.07) is 14.2. The van der Waals surface area contributed by atoms with Gasteiger partial charge in [-0.3, -0.25) is 4.21 Å². The van der Waals surface area contributed by atoms with Crippen molar-refractivity contribution in [3.05, 3.63) is 53.6 Å². The van der Waals surface area contributed by atoms with E-state index in [-0.39, 0.29) is 6.04 Å². The van der Waals surface area contributed by atoms with Crippen LogP contribution in [0.5, 0.6) is 11.5 Å². The fourth-order valence-electron chi connectivity index (χ4n) is 2.64. The molecular weight excluding hydrogens is 322 g/mol. The molecule has 1 aliphatic heterocycles. The van der Waals surface area contributed by atoms with Gasteiger partial charge in [-0.05, 0) is 42.3 Å². The highest BCUT2D eigenvalue weighted by Crippen LogP contribution is 2.32. The van der Waals surface area contributed by atoms with Crippen molar-refractivity contribution in [1.82, 2.24) is 5.32 Å². The van der Waals surface area contributed by atoms with Crippen LogP contribution in [0.2, 0.25) is 0 Å². The molecule has 4 nitrogen and oxygen atoms in total. The third-order valence-corrected chi connectivity index (χ3v) is 5.08. The molecule has 2 atom stereocenters. The molecule has 0 radical (unpaired) electrons. The van der Waals surface area contributed by atoms with Crippen LogP contribution in [0.1, 0.15) is 30.5 Å². The van der Waals surface area contributed by atoms with Crippen molar-refractivity contribution in [2.45, 2.75) is 30.8 Å². The molecule has 0 saturated carbocycles. The van der Waals surface area contributed by atoms with Crippen LogP contribution in [0, 0.1) is 0 Å². The van der Waals surface area contributed by atoms with Crippen LogP contribution in [0.4, 0.5) is 0 Å². The molecule has 2 aromatic carbocycles. The Bertz CT molecular complexity index is 715. The summed E-state index contributed by atoms with van der Waals surface area (Å²) in [6.07, 6.45) is 2.61. The number of fused-ring (bicyclic) bond motifs is 1. The quantitative estimate of drug-likeness (QED) is 0.902. The van der Waals surface area contributed by atoms with Gasteiger partial charge in [0, 0.05) is 41.0 Å². The first-order valence-corrected chi connectivity index (χ1v) is 9.74. The van der Waals surface area contributed by atoms with Crippen molar-refractivity contribution in [2.75, 3.05) is 19.5 Å². The van der Waals surface area contributed by atoms with E-state index in [0.29, 0.717) is 13.2 Å². The molecule has 0 aliphatic carbocycles. The van der Waals surface area contributed by atoms with E-state index in [1.807, 2.05) is 30.3 Å². The van der Waals surface area contributed by atoms with Crippen LogP contribution in [0.25, 0.3) is 0 Å². The highest BCUT2D eigenvalue weighted by Gasteiger charge is 2.13. The van der Waals surface area contributed by atoms with Gasteiger partial charge in [-0.25, -0.2) is 0 Å². The molecule has 0 spiro atoms. The smallest absolute Gasteiger partial charge is 0.161 e. The second-order valence-electron chi connectivity index (χ2n) is 5.96. The summed E-state index contributed by atoms with van der Waals surface area (Å²) in [5.41, 5.74) is 2.34. The van der Waals surface area contributed by atoms with E-state index in [0.717, 1.165) is 29.4 Å². The van der Waals surface area contributed by atoms with Crippen LogP contribution in [0.15, 0.2) is 47.4 Å². The number of rotatable bonds is 5. The minimum Gasteiger partial charge on any atom is -0.490 e. The van der Waals surface area contributed by atoms with Gasteiger partial charge in [0.05, 0.1) is 13.2 Å². The van der Waals surface area contributed by atoms with E-state index in [4.69, 9.17) is 9.47 Å². The molecule has 128 valence electrons. The molecule has 0 aromatic heterocycles. The third-order valence-electron chi connectivity index (χ3n) is 4.14. The zero-order chi connectivity index (χ0) is 16.9. The van der Waals surface area contributed by atoms with E-state index < -0.39 is 10.8 Å². The lowest BCUT2D eigenvalue weighted by Crippen LogP contribution is -2.18. The van der Waals surface area contributed by atoms with Gasteiger partial charge in [-0.2, -0.15) is 0 Å². The van der Waals surface area contributed by atoms with Gasteiger partial charge in [0.1, 0.15) is 0 Å². The zero-order valence-corrected chi connectivity index (χ0v) is 14.9. The van der Waals surface area contributed by atoms with Crippen LogP contribution in [-0.2, 0) is 17.3 Å². The van der Waals surface area contributed by atoms with E-state index >= 15 is 0 Å². The van der Waals surface area contributed by atoms with Crippen molar-refractivity contribution in [3.8, 4) is 11.5 Å². The summed E-state index contributed by atoms with van der Waals surface area (Å²) in [4.78, 5) is 0.856. The maximum atomic E-state index is 11.4. The zero-order valence-electron chi connectivity index (χ0n) is 14.1. The standard InChI is InChI=1S/C19H23NO3S/c1-14(20-13-15-4-7-17(8-5-15)24(2)21)16-6-9-18-19(12-16)23-11-3-10-22-18/h4-9,12,14,20H,3,10-11,13H2,1-2H3. The van der Waals surface area contributed by atoms with Crippen LogP contribution in [-0.4, -0.2) is 23.7 Å². The van der Waals surface area contributed by atoms with Gasteiger partial charge in [0.15, 0.2) is 11.5 Å². The molecule has 3 rings (SSSR count). The molecule has 1 aliphatic rings. The summed E-state index contributed by atoms with van der Waals surface area (Å²) in [5, 5.41) is 3.51. The average molecular weight is 345 g/mol. The predicted molar refractivity (Wildman–Crippen MR) is 96.1 cm³/mol. The maximum absolute atomic E-state index is 11.4. The predicted octanol–water partition coefficient (Wildman–Crippen LogP) is 3.44. The van der Waals surface area contributed by atoms with Crippen molar-refractivity contribution in [3.63, 3.8) is 0 Å². The molecule has 1 N–H and O–H groups in total. The SMILES string of the molecule is CC(NCc1ccc(S(C)=O)cc1)c1ccc2c(c1)OCCCO2. The summed E-state index contributed by atoms with van der Waals surface area (Å²) in [6.45, 7) is 4.29. The molecule has 2 aromatic rings. The largest absolute Gasteiger partial charge is 0.490 e. The Morgan fingerprint density at radius 1 is 1.08 bits per heavy atom. The third kappa shape index (κ3) is 4.16. The molecule has 5 heteroatoms. The molecule has 2 unspecified atom stereocenters. The highest BCUT2D eigenvalue weighted by atomic mass is 32.2. The second-order valence-corrected chi connectivity index (χ2v) is 7.34. The molecular formula is C19H23NO3S. The minimum atomic E-state index is -0.929. The van der Waals surface area contributed by atoms with Crippen molar-refractivity contribution in [1.29, 1.82) is 0 Å². The van der Waals surface area contributed by atoms with Crippen molar-refractivity contribution < 1.29 is 13.7 Å². The number of benzene rings is 2. The van der Waals surface area contributed by atoms with Gasteiger partial charge in [0.2, 0.25) is 0 Å². The van der Waals surface area contributed by atoms with E-state index in [2.05, 4.69) is 24.4 Å². The topological polar surface area (TPSA) is 47.6 Å². The molecule has 0 saturated heterocycles. The number of ether oxygens (including phenoxy) is 2. The Morgan fingerprint density at radius 3 is 2.50 bits per heavy atom. The lowest BCUT2D eigenvalue weighted by Gasteiger charge is -2.16. The summed E-state index contributed by atoms with van der Waals surface area (Å²) < 4.78 is 22.9. The van der Waals surface area contributed by atoms with Gasteiger partial charge >= 0.3 is 0 Å². The highest BCUT2D eigenvalue weighted by molar-refractivity contribution is 7.84. The normalized spacial score (nSPS) is 16.2. The number of nitrogens with one attached hydrogen (secondary N) is 1. The van der Waals surface area contributed by atoms with Gasteiger partial charge in [-0.1, -0.05) is 18.2 Å². The fraction of sp³-hybridized carbons (Fsp3) is 0.368. The lowest BCUT2D eigenvalue weighted by molar-refractivity contribution is 0.297. The first kappa shape index (κ1) is 17.0. The van der Waals surface area contributed by atoms with E-state index in [1.54, 1.807) is 6.26 Å². The molecule has 24 heavy (non-hydrogen) atoms. The van der Waals surface area contributed by atoms with E-state index in [9.17, 15) is 4.21 Å². The number of hydrogen-bond donors (Lipinski definition) is 1. The lowest BCUT2D eigenvalue weighted by atomic mass is 10.1. The molecule has 0 bridgehead atoms. The van der Waals surface area contributed by atoms with Crippen LogP contribution in [0.3, 0.4) is 0 Å². The summed E-state index contributed by atoms with van der Waals surface area (Å²) in [7, 11) is -0.929. The van der Waals surface area contributed by atoms with Crippen molar-refractivity contribution in [2.24, 2.45) is 0 Å². The Balaban J connectivity index is 1.63. The molecule has 0 fully saturated rings. The molecule has 1 heterocycles. The van der Waals surface area contributed by atoms with Crippen LogP contribution < -0.4 is 14.8 Å². The number of hydrogen-bond acceptors (Lipinski definition) is 4. The summed E-state index contributed by atoms with van der Waals surface area (Å²) in [5.74, 6) is 1.65. The monoisotopic (exact) mass is 345 g/mol. The van der Waals surface area contributed by atoms with Crippen molar-refractivity contribution >= 4 is 10.8 Å². The fourth-order valence-corrected chi connectivity index (χ4v) is 3.16. The average Bonchev–Trinajstić information content (AvgIpc) is 2.84. The Hall–Kier alpha value is -1.85. The van der Waals surface area contributed by atoms with Crippen LogP contribution >= 0.6 is 0 Å². The first-order chi connectivity index (χ1) is 11.6. The molecule has 0 amide bonds. The Kier molecular flexibility index (Phi) is 5.53. The minimum absolute atomic E-state index is 0.196. The maximum Gasteiger partial charge on any atom is 0.161 e. The Morgan fingerprint density at radius 2 is 1.79 bits per heavy atom. The first-order valence-electron chi connectivity index (χ1n) is 8.19. The Labute approximate surface area is 145 Å². The summed E-state index contributed by atoms with van der Waals surface area (Å²) >= 11 is 0. The van der Waals surface area contributed by atoms with Gasteiger partial charge in [-0.15, -0.1) is 0 Å². The second kappa shape index (κ2) is 7.81. The van der Waals surface area contributed by atoms with Gasteiger partial charge in [0.25, 0.3) is 0 Å².